The first-order chi connectivity index (χ1) is 40.5. The Balaban J connectivity index is -0.000000212. The first kappa shape index (κ1) is 89.2. The highest BCUT2D eigenvalue weighted by Crippen LogP contribution is 2.11. The standard InChI is InChI=1S/C7H8O5.C4H6F3NO.C4H6N2O.2C4H5NO2.C3H5N3O.2C3H4N2O2.C3H4N2O.C3H7NO3S.C3H7NO2.C2H5NO2.CH4/c1-4-6(3-10-5(2)8)12-7(9)11-4;1-3(9)8-2-4(5,6)7;1-3-2-4(7)6-5-3;1-3-2-4(6)5-7-3;1-3-2-4(6)7-5-3;1-2-4-3(7)6-5-2;1-2-4-5-3(6)7-2;1-2-4-3(6)7-5-2;1-3(6)5-2-4;1-3(5)4-8(2,6)7;1-3(5)4-6-2;1-2(4)3-5;/h3H2,1-2H3;2H2,1H3,(H,8,9);2H,1H3,(H2,5,6,7);2H,1H3,(H,5,6);2H2,1H3;1H3,(H2,4,5,6,7);1H3,(H,5,6);1H3,(H,4,5,6);1H3,(H,5,6);1-2H3,(H,4,5);1-2H3,(H,4,5);5H,1H3,(H,3,4);1H4. The highest BCUT2D eigenvalue weighted by Gasteiger charge is 2.26. The molecule has 0 spiro atoms. The number of nitrogens with one attached hydrogen (secondary N) is 12. The number of hydroxylamine groups is 2. The highest BCUT2D eigenvalue weighted by molar-refractivity contribution is 7.89. The minimum absolute atomic E-state index is 0. The SMILES string of the molecule is C.CC(=O)NC#N.CC(=O)NCC(F)(F)F.CC(=O)NO.CC(=O)NS(C)(=O)=O.CC(=O)OCc1oc(=O)oc1C.CC1=NOC(=O)C1.CONC(C)=O.Cc1cc(=O)[nH][nH]1.Cc1cc(=O)[nH]o1.Cc1n[nH]c(=O)[nH]1.Cc1n[nH]c(=O)o1.Cc1noc(=O)[nH]1. The number of aromatic nitrogens is 10. The maximum Gasteiger partial charge on any atom is 0.519 e. The Morgan fingerprint density at radius 3 is 1.48 bits per heavy atom. The smallest absolute Gasteiger partial charge is 0.458 e. The molecule has 5 amide bonds. The number of hydrogen-bond acceptors (Lipinski definition) is 29. The largest absolute Gasteiger partial charge is 0.519 e. The van der Waals surface area contributed by atoms with Crippen LogP contribution < -0.4 is 60.5 Å². The number of nitriles is 1. The first-order valence-corrected chi connectivity index (χ1v) is 25.0. The topological polar surface area (TPSA) is 615 Å². The number of hydrogen-bond donors (Lipinski definition) is 13. The minimum atomic E-state index is -4.30. The van der Waals surface area contributed by atoms with E-state index in [2.05, 4.69) is 98.2 Å². The number of nitrogens with zero attached hydrogens (tertiary/aromatic N) is 5. The van der Waals surface area contributed by atoms with Gasteiger partial charge in [0.2, 0.25) is 45.4 Å². The summed E-state index contributed by atoms with van der Waals surface area (Å²) in [5.74, 6) is -1.97. The Morgan fingerprint density at radius 2 is 1.35 bits per heavy atom. The quantitative estimate of drug-likeness (QED) is 0.0250. The fourth-order valence-corrected chi connectivity index (χ4v) is 4.07. The van der Waals surface area contributed by atoms with E-state index in [0.717, 1.165) is 31.5 Å². The molecule has 7 rings (SSSR count). The van der Waals surface area contributed by atoms with Crippen LogP contribution in [0, 0.1) is 53.0 Å². The van der Waals surface area contributed by atoms with Gasteiger partial charge in [-0.05, 0) is 41.5 Å². The molecular weight excluding hydrogens is 1240 g/mol. The van der Waals surface area contributed by atoms with Gasteiger partial charge in [-0.1, -0.05) is 17.7 Å². The second-order valence-corrected chi connectivity index (χ2v) is 17.0. The van der Waals surface area contributed by atoms with E-state index in [1.54, 1.807) is 51.6 Å². The van der Waals surface area contributed by atoms with E-state index in [0.29, 0.717) is 35.5 Å². The molecule has 0 fully saturated rings. The van der Waals surface area contributed by atoms with E-state index in [1.165, 1.54) is 58.6 Å². The summed E-state index contributed by atoms with van der Waals surface area (Å²) >= 11 is 0. The number of amides is 5. The summed E-state index contributed by atoms with van der Waals surface area (Å²) in [7, 11) is -1.93. The zero-order chi connectivity index (χ0) is 69.3. The molecule has 13 N–H and O–H groups in total. The number of carbonyl (C=O) groups is 7. The Morgan fingerprint density at radius 1 is 0.764 bits per heavy atom. The molecule has 0 saturated carbocycles. The van der Waals surface area contributed by atoms with Gasteiger partial charge in [-0.2, -0.15) is 28.7 Å². The van der Waals surface area contributed by atoms with Crippen LogP contribution in [0.25, 0.3) is 0 Å². The van der Waals surface area contributed by atoms with Gasteiger partial charge in [-0.15, -0.1) is 5.10 Å². The molecule has 6 aromatic rings. The van der Waals surface area contributed by atoms with Crippen molar-refractivity contribution in [2.24, 2.45) is 5.16 Å². The third kappa shape index (κ3) is 69.4. The van der Waals surface area contributed by atoms with Gasteiger partial charge in [0, 0.05) is 66.3 Å². The number of aryl methyl sites for hydroxylation is 6. The molecule has 0 aliphatic carbocycles. The third-order valence-electron chi connectivity index (χ3n) is 6.54. The summed E-state index contributed by atoms with van der Waals surface area (Å²) in [6.07, 6.45) is -1.55. The van der Waals surface area contributed by atoms with Crippen molar-refractivity contribution in [3.05, 3.63) is 116 Å². The Kier molecular flexibility index (Phi) is 50.4. The van der Waals surface area contributed by atoms with E-state index in [1.807, 2.05) is 12.2 Å². The number of esters is 1. The van der Waals surface area contributed by atoms with Gasteiger partial charge in [0.05, 0.1) is 25.5 Å². The molecule has 45 heteroatoms. The number of oxime groups is 1. The van der Waals surface area contributed by atoms with E-state index >= 15 is 0 Å². The average molecular weight is 1310 g/mol. The van der Waals surface area contributed by atoms with Crippen LogP contribution in [-0.2, 0) is 64.6 Å². The Bertz CT molecular complexity index is 3280. The van der Waals surface area contributed by atoms with Crippen molar-refractivity contribution in [1.82, 2.24) is 77.2 Å². The lowest BCUT2D eigenvalue weighted by molar-refractivity contribution is -0.143. The van der Waals surface area contributed by atoms with Crippen molar-refractivity contribution in [2.75, 3.05) is 19.9 Å². The number of sulfonamides is 1. The van der Waals surface area contributed by atoms with E-state index in [4.69, 9.17) is 10.5 Å². The number of aromatic amines is 7. The van der Waals surface area contributed by atoms with Gasteiger partial charge in [0.25, 0.3) is 11.1 Å². The van der Waals surface area contributed by atoms with E-state index < -0.39 is 63.8 Å². The number of rotatable bonds is 5. The summed E-state index contributed by atoms with van der Waals surface area (Å²) in [6, 6.07) is 2.89. The molecular formula is C44H70F3N17O24S. The summed E-state index contributed by atoms with van der Waals surface area (Å²) < 4.78 is 82.2. The number of H-pyrrole nitrogens is 7. The Labute approximate surface area is 499 Å². The molecule has 0 radical (unpaired) electrons. The zero-order valence-electron chi connectivity index (χ0n) is 49.4. The van der Waals surface area contributed by atoms with Gasteiger partial charge in [-0.3, -0.25) is 78.0 Å². The predicted molar refractivity (Wildman–Crippen MR) is 295 cm³/mol. The van der Waals surface area contributed by atoms with Crippen molar-refractivity contribution < 1.29 is 97.1 Å². The predicted octanol–water partition coefficient (Wildman–Crippen LogP) is -0.847. The van der Waals surface area contributed by atoms with Crippen molar-refractivity contribution in [3.8, 4) is 6.19 Å². The number of ether oxygens (including phenoxy) is 1. The molecule has 0 aromatic carbocycles. The van der Waals surface area contributed by atoms with Crippen LogP contribution in [0.3, 0.4) is 0 Å². The Hall–Kier alpha value is -11.0. The average Bonchev–Trinajstić information content (AvgIpc) is 4.31. The molecule has 1 aliphatic rings. The highest BCUT2D eigenvalue weighted by atomic mass is 32.2. The first-order valence-electron chi connectivity index (χ1n) is 23.1. The number of alkyl halides is 3. The fraction of sp³-hybridized carbons (Fsp3) is 0.455. The number of halogens is 3. The molecule has 502 valence electrons. The van der Waals surface area contributed by atoms with Crippen LogP contribution in [0.4, 0.5) is 13.2 Å². The number of carbonyl (C=O) groups excluding carboxylic acids is 7. The third-order valence-corrected chi connectivity index (χ3v) is 7.20. The molecule has 0 saturated heterocycles. The summed E-state index contributed by atoms with van der Waals surface area (Å²) in [5, 5.41) is 43.7. The van der Waals surface area contributed by atoms with Crippen LogP contribution in [0.1, 0.15) is 103 Å². The molecule has 0 bridgehead atoms. The summed E-state index contributed by atoms with van der Waals surface area (Å²) in [5.41, 5.74) is 4.57. The molecule has 6 aromatic heterocycles. The van der Waals surface area contributed by atoms with Crippen LogP contribution >= 0.6 is 0 Å². The fourth-order valence-electron chi connectivity index (χ4n) is 3.55. The molecule has 7 heterocycles. The summed E-state index contributed by atoms with van der Waals surface area (Å²) in [4.78, 5) is 143. The van der Waals surface area contributed by atoms with Crippen molar-refractivity contribution in [1.29, 1.82) is 5.26 Å². The van der Waals surface area contributed by atoms with Crippen molar-refractivity contribution in [3.63, 3.8) is 0 Å². The lowest BCUT2D eigenvalue weighted by Crippen LogP contribution is -2.31. The lowest BCUT2D eigenvalue weighted by Gasteiger charge is -2.04. The van der Waals surface area contributed by atoms with Crippen LogP contribution in [0.2, 0.25) is 0 Å². The molecule has 41 nitrogen and oxygen atoms in total. The maximum atomic E-state index is 11.2. The van der Waals surface area contributed by atoms with Crippen molar-refractivity contribution in [2.45, 2.75) is 117 Å². The van der Waals surface area contributed by atoms with Gasteiger partial charge in [-0.25, -0.2) is 53.5 Å². The maximum absolute atomic E-state index is 11.2. The van der Waals surface area contributed by atoms with Gasteiger partial charge in [0.1, 0.15) is 24.0 Å². The lowest BCUT2D eigenvalue weighted by atomic mass is 10.3. The molecule has 89 heavy (non-hydrogen) atoms. The monoisotopic (exact) mass is 1310 g/mol. The normalized spacial score (nSPS) is 9.87. The zero-order valence-corrected chi connectivity index (χ0v) is 50.2. The van der Waals surface area contributed by atoms with Crippen LogP contribution in [0.5, 0.6) is 0 Å². The minimum Gasteiger partial charge on any atom is -0.458 e. The second-order valence-electron chi connectivity index (χ2n) is 15.3. The van der Waals surface area contributed by atoms with Crippen LogP contribution in [-0.4, -0.2) is 138 Å². The van der Waals surface area contributed by atoms with Gasteiger partial charge < -0.3 is 37.8 Å². The van der Waals surface area contributed by atoms with E-state index in [9.17, 15) is 83.9 Å². The molecule has 1 aliphatic heterocycles. The van der Waals surface area contributed by atoms with Crippen molar-refractivity contribution >= 4 is 57.2 Å². The second kappa shape index (κ2) is 50.3. The van der Waals surface area contributed by atoms with Gasteiger partial charge >= 0.3 is 41.1 Å². The van der Waals surface area contributed by atoms with Gasteiger partial charge in [0.15, 0.2) is 24.3 Å². The van der Waals surface area contributed by atoms with E-state index in [-0.39, 0.29) is 54.4 Å². The summed E-state index contributed by atoms with van der Waals surface area (Å²) in [6.45, 7) is 17.8. The van der Waals surface area contributed by atoms with Crippen LogP contribution in [0.15, 0.2) is 68.4 Å². The molecule has 0 atom stereocenters. The molecule has 0 unspecified atom stereocenters.